The van der Waals surface area contributed by atoms with Crippen LogP contribution in [0.3, 0.4) is 0 Å². The van der Waals surface area contributed by atoms with Crippen LogP contribution in [0.1, 0.15) is 5.56 Å². The predicted octanol–water partition coefficient (Wildman–Crippen LogP) is 3.31. The first-order chi connectivity index (χ1) is 12.2. The summed E-state index contributed by atoms with van der Waals surface area (Å²) in [6, 6.07) is 11.7. The largest absolute Gasteiger partial charge is 0.497 e. The normalized spacial score (nSPS) is 10.5. The summed E-state index contributed by atoms with van der Waals surface area (Å²) < 4.78 is 15.8. The SMILES string of the molecule is COc1ccc2c(NCCc3ccc(OC)c(OC)c3)ncnc2c1. The summed E-state index contributed by atoms with van der Waals surface area (Å²) in [4.78, 5) is 8.64. The molecule has 0 spiro atoms. The van der Waals surface area contributed by atoms with E-state index in [1.807, 2.05) is 36.4 Å². The van der Waals surface area contributed by atoms with Crippen molar-refractivity contribution in [2.45, 2.75) is 6.42 Å². The van der Waals surface area contributed by atoms with E-state index in [2.05, 4.69) is 15.3 Å². The second-order valence-corrected chi connectivity index (χ2v) is 5.47. The number of benzene rings is 2. The lowest BCUT2D eigenvalue weighted by Crippen LogP contribution is -2.07. The second-order valence-electron chi connectivity index (χ2n) is 5.47. The van der Waals surface area contributed by atoms with Gasteiger partial charge < -0.3 is 19.5 Å². The van der Waals surface area contributed by atoms with Gasteiger partial charge in [-0.25, -0.2) is 9.97 Å². The van der Waals surface area contributed by atoms with Gasteiger partial charge in [0, 0.05) is 18.0 Å². The monoisotopic (exact) mass is 339 g/mol. The zero-order chi connectivity index (χ0) is 17.6. The Morgan fingerprint density at radius 1 is 0.880 bits per heavy atom. The highest BCUT2D eigenvalue weighted by atomic mass is 16.5. The Kier molecular flexibility index (Phi) is 5.18. The molecule has 0 aliphatic carbocycles. The van der Waals surface area contributed by atoms with Crippen molar-refractivity contribution in [2.24, 2.45) is 0 Å². The van der Waals surface area contributed by atoms with Crippen molar-refractivity contribution < 1.29 is 14.2 Å². The van der Waals surface area contributed by atoms with Crippen LogP contribution in [0.25, 0.3) is 10.9 Å². The molecule has 2 aromatic carbocycles. The van der Waals surface area contributed by atoms with E-state index in [4.69, 9.17) is 14.2 Å². The molecular weight excluding hydrogens is 318 g/mol. The van der Waals surface area contributed by atoms with Gasteiger partial charge in [-0.1, -0.05) is 6.07 Å². The highest BCUT2D eigenvalue weighted by Crippen LogP contribution is 2.28. The highest BCUT2D eigenvalue weighted by molar-refractivity contribution is 5.89. The van der Waals surface area contributed by atoms with Crippen LogP contribution in [0.15, 0.2) is 42.7 Å². The zero-order valence-corrected chi connectivity index (χ0v) is 14.6. The van der Waals surface area contributed by atoms with E-state index in [1.54, 1.807) is 27.7 Å². The van der Waals surface area contributed by atoms with Crippen LogP contribution in [-0.2, 0) is 6.42 Å². The van der Waals surface area contributed by atoms with Gasteiger partial charge in [0.05, 0.1) is 26.8 Å². The van der Waals surface area contributed by atoms with Gasteiger partial charge in [-0.05, 0) is 36.2 Å². The van der Waals surface area contributed by atoms with Crippen LogP contribution in [0.4, 0.5) is 5.82 Å². The molecule has 1 heterocycles. The fourth-order valence-electron chi connectivity index (χ4n) is 2.67. The van der Waals surface area contributed by atoms with Crippen molar-refractivity contribution in [3.05, 3.63) is 48.3 Å². The van der Waals surface area contributed by atoms with Gasteiger partial charge in [0.2, 0.25) is 0 Å². The Labute approximate surface area is 146 Å². The van der Waals surface area contributed by atoms with Gasteiger partial charge in [-0.2, -0.15) is 0 Å². The van der Waals surface area contributed by atoms with Crippen LogP contribution < -0.4 is 19.5 Å². The highest BCUT2D eigenvalue weighted by Gasteiger charge is 2.07. The van der Waals surface area contributed by atoms with Crippen LogP contribution >= 0.6 is 0 Å². The Balaban J connectivity index is 1.71. The van der Waals surface area contributed by atoms with E-state index in [9.17, 15) is 0 Å². The minimum absolute atomic E-state index is 0.731. The molecular formula is C19H21N3O3. The standard InChI is InChI=1S/C19H21N3O3/c1-23-14-5-6-15-16(11-14)21-12-22-19(15)20-9-8-13-4-7-17(24-2)18(10-13)25-3/h4-7,10-12H,8-9H2,1-3H3,(H,20,21,22). The smallest absolute Gasteiger partial charge is 0.160 e. The first kappa shape index (κ1) is 16.8. The molecule has 0 fully saturated rings. The topological polar surface area (TPSA) is 65.5 Å². The maximum Gasteiger partial charge on any atom is 0.160 e. The van der Waals surface area contributed by atoms with Gasteiger partial charge in [0.1, 0.15) is 17.9 Å². The van der Waals surface area contributed by atoms with E-state index in [-0.39, 0.29) is 0 Å². The molecule has 0 amide bonds. The summed E-state index contributed by atoms with van der Waals surface area (Å²) in [7, 11) is 4.92. The average Bonchev–Trinajstić information content (AvgIpc) is 2.67. The van der Waals surface area contributed by atoms with Crippen LogP contribution in [0.2, 0.25) is 0 Å². The Morgan fingerprint density at radius 3 is 2.48 bits per heavy atom. The number of fused-ring (bicyclic) bond motifs is 1. The minimum Gasteiger partial charge on any atom is -0.497 e. The lowest BCUT2D eigenvalue weighted by atomic mass is 10.1. The lowest BCUT2D eigenvalue weighted by Gasteiger charge is -2.11. The van der Waals surface area contributed by atoms with Gasteiger partial charge in [-0.15, -0.1) is 0 Å². The number of nitrogens with zero attached hydrogens (tertiary/aromatic N) is 2. The summed E-state index contributed by atoms with van der Waals surface area (Å²) in [6.45, 7) is 0.744. The lowest BCUT2D eigenvalue weighted by molar-refractivity contribution is 0.354. The fourth-order valence-corrected chi connectivity index (χ4v) is 2.67. The number of methoxy groups -OCH3 is 3. The summed E-state index contributed by atoms with van der Waals surface area (Å²) in [5, 5.41) is 4.34. The van der Waals surface area contributed by atoms with Crippen molar-refractivity contribution in [1.29, 1.82) is 0 Å². The summed E-state index contributed by atoms with van der Waals surface area (Å²) >= 11 is 0. The quantitative estimate of drug-likeness (QED) is 0.712. The molecule has 0 aliphatic rings. The Hall–Kier alpha value is -3.02. The van der Waals surface area contributed by atoms with E-state index in [0.717, 1.165) is 52.5 Å². The first-order valence-electron chi connectivity index (χ1n) is 7.98. The molecule has 6 nitrogen and oxygen atoms in total. The van der Waals surface area contributed by atoms with Gasteiger partial charge in [0.25, 0.3) is 0 Å². The van der Waals surface area contributed by atoms with Crippen LogP contribution in [0, 0.1) is 0 Å². The molecule has 130 valence electrons. The molecule has 3 aromatic rings. The molecule has 0 saturated heterocycles. The molecule has 0 unspecified atom stereocenters. The summed E-state index contributed by atoms with van der Waals surface area (Å²) in [5.74, 6) is 3.06. The van der Waals surface area contributed by atoms with Crippen molar-refractivity contribution in [1.82, 2.24) is 9.97 Å². The van der Waals surface area contributed by atoms with Crippen molar-refractivity contribution >= 4 is 16.7 Å². The third-order valence-corrected chi connectivity index (χ3v) is 4.00. The van der Waals surface area contributed by atoms with Gasteiger partial charge in [-0.3, -0.25) is 0 Å². The third-order valence-electron chi connectivity index (χ3n) is 4.00. The zero-order valence-electron chi connectivity index (χ0n) is 14.6. The summed E-state index contributed by atoms with van der Waals surface area (Å²) in [5.41, 5.74) is 2.01. The molecule has 0 aliphatic heterocycles. The minimum atomic E-state index is 0.731. The molecule has 25 heavy (non-hydrogen) atoms. The van der Waals surface area contributed by atoms with Crippen molar-refractivity contribution in [3.8, 4) is 17.2 Å². The number of aromatic nitrogens is 2. The molecule has 1 aromatic heterocycles. The van der Waals surface area contributed by atoms with Crippen LogP contribution in [-0.4, -0.2) is 37.8 Å². The molecule has 0 saturated carbocycles. The Morgan fingerprint density at radius 2 is 1.72 bits per heavy atom. The number of rotatable bonds is 7. The third kappa shape index (κ3) is 3.74. The summed E-state index contributed by atoms with van der Waals surface area (Å²) in [6.07, 6.45) is 2.39. The molecule has 6 heteroatoms. The Bertz CT molecular complexity index is 868. The fraction of sp³-hybridized carbons (Fsp3) is 0.263. The van der Waals surface area contributed by atoms with E-state index >= 15 is 0 Å². The molecule has 0 bridgehead atoms. The molecule has 3 rings (SSSR count). The molecule has 1 N–H and O–H groups in total. The van der Waals surface area contributed by atoms with Gasteiger partial charge in [0.15, 0.2) is 11.5 Å². The number of hydrogen-bond donors (Lipinski definition) is 1. The maximum atomic E-state index is 5.34. The first-order valence-corrected chi connectivity index (χ1v) is 7.98. The van der Waals surface area contributed by atoms with E-state index in [0.29, 0.717) is 0 Å². The average molecular weight is 339 g/mol. The predicted molar refractivity (Wildman–Crippen MR) is 97.8 cm³/mol. The van der Waals surface area contributed by atoms with E-state index < -0.39 is 0 Å². The number of hydrogen-bond acceptors (Lipinski definition) is 6. The second kappa shape index (κ2) is 7.70. The van der Waals surface area contributed by atoms with Crippen molar-refractivity contribution in [3.63, 3.8) is 0 Å². The van der Waals surface area contributed by atoms with E-state index in [1.165, 1.54) is 0 Å². The van der Waals surface area contributed by atoms with Crippen LogP contribution in [0.5, 0.6) is 17.2 Å². The molecule has 0 radical (unpaired) electrons. The van der Waals surface area contributed by atoms with Crippen molar-refractivity contribution in [2.75, 3.05) is 33.2 Å². The number of anilines is 1. The van der Waals surface area contributed by atoms with Gasteiger partial charge >= 0.3 is 0 Å². The number of nitrogens with one attached hydrogen (secondary N) is 1. The maximum absolute atomic E-state index is 5.34. The molecule has 0 atom stereocenters. The number of ether oxygens (including phenoxy) is 3.